The molecule has 0 saturated carbocycles. The molecule has 2 heterocycles. The number of fused-ring (bicyclic) bond motifs is 1. The number of methoxy groups -OCH3 is 1. The summed E-state index contributed by atoms with van der Waals surface area (Å²) in [4.78, 5) is 4.54. The van der Waals surface area contributed by atoms with Crippen LogP contribution >= 0.6 is 0 Å². The first kappa shape index (κ1) is 16.1. The summed E-state index contributed by atoms with van der Waals surface area (Å²) in [6.07, 6.45) is 1.37. The van der Waals surface area contributed by atoms with Gasteiger partial charge >= 0.3 is 0 Å². The minimum Gasteiger partial charge on any atom is -0.494 e. The summed E-state index contributed by atoms with van der Waals surface area (Å²) in [5.41, 5.74) is 3.10. The number of pyridine rings is 1. The van der Waals surface area contributed by atoms with Crippen molar-refractivity contribution in [3.63, 3.8) is 0 Å². The van der Waals surface area contributed by atoms with Gasteiger partial charge in [-0.15, -0.1) is 10.2 Å². The third-order valence-electron chi connectivity index (χ3n) is 3.72. The second-order valence-corrected chi connectivity index (χ2v) is 5.93. The molecule has 5 nitrogen and oxygen atoms in total. The van der Waals surface area contributed by atoms with Crippen molar-refractivity contribution < 1.29 is 9.13 Å². The van der Waals surface area contributed by atoms with E-state index in [1.54, 1.807) is 17.6 Å². The molecule has 0 spiro atoms. The summed E-state index contributed by atoms with van der Waals surface area (Å²) >= 11 is 0. The SMILES string of the molecule is COc1ccc(C)cc1N=Nc1c(C(C)C)nc2ccc(F)cn12. The van der Waals surface area contributed by atoms with Crippen molar-refractivity contribution in [2.24, 2.45) is 10.2 Å². The van der Waals surface area contributed by atoms with Crippen LogP contribution in [0.4, 0.5) is 15.9 Å². The van der Waals surface area contributed by atoms with E-state index in [9.17, 15) is 4.39 Å². The van der Waals surface area contributed by atoms with E-state index in [1.807, 2.05) is 39.0 Å². The maximum atomic E-state index is 13.6. The van der Waals surface area contributed by atoms with Crippen LogP contribution in [-0.2, 0) is 0 Å². The summed E-state index contributed by atoms with van der Waals surface area (Å²) in [5.74, 6) is 0.958. The number of imidazole rings is 1. The topological polar surface area (TPSA) is 51.2 Å². The van der Waals surface area contributed by atoms with Crippen molar-refractivity contribution in [3.05, 3.63) is 53.6 Å². The van der Waals surface area contributed by atoms with Gasteiger partial charge in [0.1, 0.15) is 22.9 Å². The molecule has 0 bridgehead atoms. The summed E-state index contributed by atoms with van der Waals surface area (Å²) in [5, 5.41) is 8.68. The van der Waals surface area contributed by atoms with Gasteiger partial charge in [-0.3, -0.25) is 4.40 Å². The van der Waals surface area contributed by atoms with Crippen LogP contribution < -0.4 is 4.74 Å². The molecule has 0 aliphatic heterocycles. The van der Waals surface area contributed by atoms with E-state index in [2.05, 4.69) is 15.2 Å². The van der Waals surface area contributed by atoms with Crippen molar-refractivity contribution in [3.8, 4) is 5.75 Å². The monoisotopic (exact) mass is 326 g/mol. The molecule has 6 heteroatoms. The van der Waals surface area contributed by atoms with Crippen LogP contribution in [0.5, 0.6) is 5.75 Å². The second-order valence-electron chi connectivity index (χ2n) is 5.93. The van der Waals surface area contributed by atoms with E-state index in [-0.39, 0.29) is 11.7 Å². The van der Waals surface area contributed by atoms with Gasteiger partial charge in [0.2, 0.25) is 0 Å². The number of rotatable bonds is 4. The van der Waals surface area contributed by atoms with Crippen molar-refractivity contribution in [2.75, 3.05) is 7.11 Å². The minimum atomic E-state index is -0.347. The molecule has 3 rings (SSSR count). The molecule has 0 atom stereocenters. The average Bonchev–Trinajstić information content (AvgIpc) is 2.91. The highest BCUT2D eigenvalue weighted by Gasteiger charge is 2.15. The highest BCUT2D eigenvalue weighted by atomic mass is 19.1. The van der Waals surface area contributed by atoms with Gasteiger partial charge in [-0.05, 0) is 42.7 Å². The predicted molar refractivity (Wildman–Crippen MR) is 91.1 cm³/mol. The van der Waals surface area contributed by atoms with Gasteiger partial charge in [-0.25, -0.2) is 9.37 Å². The Bertz CT molecular complexity index is 915. The van der Waals surface area contributed by atoms with Crippen LogP contribution in [0.2, 0.25) is 0 Å². The maximum absolute atomic E-state index is 13.6. The number of hydrogen-bond acceptors (Lipinski definition) is 4. The second kappa shape index (κ2) is 6.39. The number of ether oxygens (including phenoxy) is 1. The molecule has 124 valence electrons. The Hall–Kier alpha value is -2.76. The first-order valence-corrected chi connectivity index (χ1v) is 7.73. The van der Waals surface area contributed by atoms with Crippen molar-refractivity contribution in [1.29, 1.82) is 0 Å². The van der Waals surface area contributed by atoms with Crippen LogP contribution in [0.3, 0.4) is 0 Å². The predicted octanol–water partition coefficient (Wildman–Crippen LogP) is 5.33. The van der Waals surface area contributed by atoms with E-state index in [4.69, 9.17) is 4.74 Å². The molecule has 0 N–H and O–H groups in total. The normalized spacial score (nSPS) is 11.8. The van der Waals surface area contributed by atoms with Gasteiger partial charge in [0.25, 0.3) is 0 Å². The summed E-state index contributed by atoms with van der Waals surface area (Å²) in [7, 11) is 1.59. The van der Waals surface area contributed by atoms with Crippen LogP contribution in [0.25, 0.3) is 5.65 Å². The standard InChI is InChI=1S/C18H19FN4O/c1-11(2)17-18(23-10-13(19)6-8-16(23)20-17)22-21-14-9-12(3)5-7-15(14)24-4/h5-11H,1-4H3. The average molecular weight is 326 g/mol. The largest absolute Gasteiger partial charge is 0.494 e. The molecule has 0 radical (unpaired) electrons. The van der Waals surface area contributed by atoms with Crippen LogP contribution in [0, 0.1) is 12.7 Å². The van der Waals surface area contributed by atoms with Gasteiger partial charge in [-0.2, -0.15) is 0 Å². The molecule has 0 unspecified atom stereocenters. The van der Waals surface area contributed by atoms with Gasteiger partial charge < -0.3 is 4.74 Å². The van der Waals surface area contributed by atoms with E-state index in [1.165, 1.54) is 12.3 Å². The number of halogens is 1. The summed E-state index contributed by atoms with van der Waals surface area (Å²) in [6.45, 7) is 6.01. The summed E-state index contributed by atoms with van der Waals surface area (Å²) in [6, 6.07) is 8.70. The lowest BCUT2D eigenvalue weighted by Crippen LogP contribution is -1.88. The smallest absolute Gasteiger partial charge is 0.183 e. The van der Waals surface area contributed by atoms with Gasteiger partial charge in [-0.1, -0.05) is 19.9 Å². The lowest BCUT2D eigenvalue weighted by Gasteiger charge is -2.05. The summed E-state index contributed by atoms with van der Waals surface area (Å²) < 4.78 is 20.6. The lowest BCUT2D eigenvalue weighted by molar-refractivity contribution is 0.415. The Labute approximate surface area is 139 Å². The Morgan fingerprint density at radius 2 is 1.96 bits per heavy atom. The molecule has 0 aliphatic rings. The zero-order valence-corrected chi connectivity index (χ0v) is 14.1. The van der Waals surface area contributed by atoms with E-state index >= 15 is 0 Å². The molecule has 1 aromatic carbocycles. The molecule has 0 aliphatic carbocycles. The Morgan fingerprint density at radius 1 is 1.17 bits per heavy atom. The fraction of sp³-hybridized carbons (Fsp3) is 0.278. The molecule has 2 aromatic heterocycles. The first-order valence-electron chi connectivity index (χ1n) is 7.73. The Balaban J connectivity index is 2.14. The molecule has 0 saturated heterocycles. The van der Waals surface area contributed by atoms with E-state index in [0.717, 1.165) is 11.3 Å². The quantitative estimate of drug-likeness (QED) is 0.608. The molecule has 24 heavy (non-hydrogen) atoms. The molecular weight excluding hydrogens is 307 g/mol. The third kappa shape index (κ3) is 2.99. The van der Waals surface area contributed by atoms with Crippen LogP contribution in [0.1, 0.15) is 31.0 Å². The number of azo groups is 1. The van der Waals surface area contributed by atoms with Crippen molar-refractivity contribution in [1.82, 2.24) is 9.38 Å². The first-order chi connectivity index (χ1) is 11.5. The Morgan fingerprint density at radius 3 is 2.67 bits per heavy atom. The minimum absolute atomic E-state index is 0.140. The fourth-order valence-electron chi connectivity index (χ4n) is 2.49. The van der Waals surface area contributed by atoms with Gasteiger partial charge in [0.05, 0.1) is 12.8 Å². The zero-order chi connectivity index (χ0) is 17.3. The zero-order valence-electron chi connectivity index (χ0n) is 14.1. The van der Waals surface area contributed by atoms with Crippen LogP contribution in [0.15, 0.2) is 46.8 Å². The fourth-order valence-corrected chi connectivity index (χ4v) is 2.49. The number of aryl methyl sites for hydroxylation is 1. The van der Waals surface area contributed by atoms with Crippen LogP contribution in [-0.4, -0.2) is 16.5 Å². The van der Waals surface area contributed by atoms with E-state index < -0.39 is 0 Å². The number of aromatic nitrogens is 2. The number of hydrogen-bond donors (Lipinski definition) is 0. The molecule has 3 aromatic rings. The van der Waals surface area contributed by atoms with E-state index in [0.29, 0.717) is 22.9 Å². The lowest BCUT2D eigenvalue weighted by atomic mass is 10.1. The molecule has 0 amide bonds. The number of benzene rings is 1. The third-order valence-corrected chi connectivity index (χ3v) is 3.72. The van der Waals surface area contributed by atoms with Crippen molar-refractivity contribution in [2.45, 2.75) is 26.7 Å². The molecular formula is C18H19FN4O. The van der Waals surface area contributed by atoms with Gasteiger partial charge in [0.15, 0.2) is 5.82 Å². The highest BCUT2D eigenvalue weighted by Crippen LogP contribution is 2.33. The number of nitrogens with zero attached hydrogens (tertiary/aromatic N) is 4. The highest BCUT2D eigenvalue weighted by molar-refractivity contribution is 5.55. The van der Waals surface area contributed by atoms with Gasteiger partial charge in [0, 0.05) is 6.20 Å². The Kier molecular flexibility index (Phi) is 4.29. The van der Waals surface area contributed by atoms with Crippen molar-refractivity contribution >= 4 is 17.2 Å². The maximum Gasteiger partial charge on any atom is 0.183 e. The molecule has 0 fully saturated rings.